The predicted octanol–water partition coefficient (Wildman–Crippen LogP) is 3.04. The Morgan fingerprint density at radius 3 is 2.48 bits per heavy atom. The average molecular weight is 515 g/mol. The minimum Gasteiger partial charge on any atom is -0.357 e. The van der Waals surface area contributed by atoms with E-state index in [-0.39, 0.29) is 30.0 Å². The lowest BCUT2D eigenvalue weighted by Gasteiger charge is -2.24. The monoisotopic (exact) mass is 515 g/mol. The smallest absolute Gasteiger partial charge is 0.222 e. The quantitative estimate of drug-likeness (QED) is 0.218. The molecule has 7 heteroatoms. The molecule has 2 rings (SSSR count). The number of aryl methyl sites for hydroxylation is 1. The summed E-state index contributed by atoms with van der Waals surface area (Å²) >= 11 is 0. The van der Waals surface area contributed by atoms with E-state index >= 15 is 0 Å². The topological polar surface area (TPSA) is 60.0 Å². The van der Waals surface area contributed by atoms with Crippen molar-refractivity contribution in [3.8, 4) is 0 Å². The molecule has 1 amide bonds. The third-order valence-corrected chi connectivity index (χ3v) is 5.23. The van der Waals surface area contributed by atoms with Gasteiger partial charge in [0.25, 0.3) is 0 Å². The van der Waals surface area contributed by atoms with Crippen molar-refractivity contribution >= 4 is 35.8 Å². The first kappa shape index (κ1) is 25.7. The number of amides is 1. The number of carbonyl (C=O) groups excluding carboxylic acids is 1. The molecule has 0 saturated carbocycles. The Hall–Kier alpha value is -1.35. The van der Waals surface area contributed by atoms with E-state index in [1.807, 2.05) is 4.90 Å². The first-order valence-corrected chi connectivity index (χ1v) is 10.6. The number of nitrogens with zero attached hydrogens (tertiary/aromatic N) is 3. The second-order valence-corrected chi connectivity index (χ2v) is 7.56. The minimum atomic E-state index is 0. The molecule has 1 fully saturated rings. The Kier molecular flexibility index (Phi) is 12.2. The zero-order valence-corrected chi connectivity index (χ0v) is 20.7. The number of likely N-dealkylation sites (N-methyl/N-ethyl adjacent to an activating group) is 1. The van der Waals surface area contributed by atoms with Crippen molar-refractivity contribution in [3.05, 3.63) is 35.4 Å². The fourth-order valence-corrected chi connectivity index (χ4v) is 3.48. The van der Waals surface area contributed by atoms with Gasteiger partial charge in [0.15, 0.2) is 5.96 Å². The molecule has 1 aliphatic heterocycles. The molecule has 0 bridgehead atoms. The molecule has 29 heavy (non-hydrogen) atoms. The van der Waals surface area contributed by atoms with Gasteiger partial charge in [0.05, 0.1) is 12.6 Å². The first-order valence-electron chi connectivity index (χ1n) is 10.6. The Bertz CT molecular complexity index is 633. The molecule has 1 heterocycles. The molecular formula is C22H38IN5O. The lowest BCUT2D eigenvalue weighted by molar-refractivity contribution is -0.127. The molecule has 1 saturated heterocycles. The van der Waals surface area contributed by atoms with Crippen LogP contribution in [0.3, 0.4) is 0 Å². The van der Waals surface area contributed by atoms with E-state index in [1.54, 1.807) is 0 Å². The van der Waals surface area contributed by atoms with Crippen LogP contribution in [0.15, 0.2) is 29.3 Å². The highest BCUT2D eigenvalue weighted by Gasteiger charge is 2.19. The third kappa shape index (κ3) is 8.50. The van der Waals surface area contributed by atoms with Gasteiger partial charge in [-0.25, -0.2) is 0 Å². The molecule has 1 unspecified atom stereocenters. The summed E-state index contributed by atoms with van der Waals surface area (Å²) < 4.78 is 0. The van der Waals surface area contributed by atoms with Crippen molar-refractivity contribution < 1.29 is 4.79 Å². The van der Waals surface area contributed by atoms with Gasteiger partial charge in [0.2, 0.25) is 5.91 Å². The summed E-state index contributed by atoms with van der Waals surface area (Å²) in [5.41, 5.74) is 2.64. The van der Waals surface area contributed by atoms with Crippen LogP contribution in [0.2, 0.25) is 0 Å². The van der Waals surface area contributed by atoms with E-state index in [1.165, 1.54) is 11.1 Å². The van der Waals surface area contributed by atoms with E-state index < -0.39 is 0 Å². The normalized spacial score (nSPS) is 15.4. The van der Waals surface area contributed by atoms with Crippen molar-refractivity contribution in [2.45, 2.75) is 45.6 Å². The number of nitrogens with one attached hydrogen (secondary N) is 2. The molecule has 0 aliphatic carbocycles. The van der Waals surface area contributed by atoms with Crippen molar-refractivity contribution in [1.29, 1.82) is 0 Å². The minimum absolute atomic E-state index is 0. The maximum absolute atomic E-state index is 11.7. The first-order chi connectivity index (χ1) is 13.5. The van der Waals surface area contributed by atoms with Crippen LogP contribution in [0.5, 0.6) is 0 Å². The molecule has 0 aromatic heterocycles. The number of benzene rings is 1. The Balaban J connectivity index is 0.00000420. The SMILES string of the molecule is CCNC(=NCC(c1ccc(CC)cc1)N(C)C)NCCCN1CCCC1=O.I. The number of likely N-dealkylation sites (tertiary alicyclic amines) is 1. The standard InChI is InChI=1S/C22H37N5O.HI/c1-5-18-10-12-19(13-11-18)20(26(3)4)17-25-22(23-6-2)24-14-8-16-27-15-7-9-21(27)28;/h10-13,20H,5-9,14-17H2,1-4H3,(H2,23,24,25);1H. The van der Waals surface area contributed by atoms with E-state index in [4.69, 9.17) is 4.99 Å². The van der Waals surface area contributed by atoms with Gasteiger partial charge in [0.1, 0.15) is 0 Å². The lowest BCUT2D eigenvalue weighted by Crippen LogP contribution is -2.39. The van der Waals surface area contributed by atoms with Crippen LogP contribution in [-0.4, -0.2) is 68.5 Å². The number of carbonyl (C=O) groups is 1. The number of hydrogen-bond donors (Lipinski definition) is 2. The van der Waals surface area contributed by atoms with Crippen LogP contribution in [-0.2, 0) is 11.2 Å². The van der Waals surface area contributed by atoms with Gasteiger partial charge in [-0.1, -0.05) is 31.2 Å². The molecule has 164 valence electrons. The highest BCUT2D eigenvalue weighted by molar-refractivity contribution is 14.0. The van der Waals surface area contributed by atoms with Gasteiger partial charge in [-0.15, -0.1) is 24.0 Å². The summed E-state index contributed by atoms with van der Waals surface area (Å²) in [6, 6.07) is 9.08. The molecular weight excluding hydrogens is 477 g/mol. The molecule has 1 aliphatic rings. The van der Waals surface area contributed by atoms with Gasteiger partial charge in [-0.3, -0.25) is 9.79 Å². The largest absolute Gasteiger partial charge is 0.357 e. The third-order valence-electron chi connectivity index (χ3n) is 5.23. The number of rotatable bonds is 10. The number of halogens is 1. The van der Waals surface area contributed by atoms with Crippen LogP contribution < -0.4 is 10.6 Å². The van der Waals surface area contributed by atoms with Crippen molar-refractivity contribution in [2.24, 2.45) is 4.99 Å². The number of hydrogen-bond acceptors (Lipinski definition) is 3. The molecule has 6 nitrogen and oxygen atoms in total. The predicted molar refractivity (Wildman–Crippen MR) is 132 cm³/mol. The van der Waals surface area contributed by atoms with Gasteiger partial charge in [-0.05, 0) is 51.4 Å². The van der Waals surface area contributed by atoms with Crippen LogP contribution in [0.1, 0.15) is 50.3 Å². The summed E-state index contributed by atoms with van der Waals surface area (Å²) in [6.07, 6.45) is 3.71. The fraction of sp³-hybridized carbons (Fsp3) is 0.636. The number of guanidine groups is 1. The van der Waals surface area contributed by atoms with E-state index in [9.17, 15) is 4.79 Å². The molecule has 2 N–H and O–H groups in total. The molecule has 0 spiro atoms. The fourth-order valence-electron chi connectivity index (χ4n) is 3.48. The van der Waals surface area contributed by atoms with Crippen molar-refractivity contribution in [1.82, 2.24) is 20.4 Å². The zero-order chi connectivity index (χ0) is 20.4. The number of aliphatic imine (C=N–C) groups is 1. The molecule has 1 aromatic carbocycles. The second kappa shape index (κ2) is 13.8. The zero-order valence-electron chi connectivity index (χ0n) is 18.4. The highest BCUT2D eigenvalue weighted by Crippen LogP contribution is 2.19. The van der Waals surface area contributed by atoms with Crippen LogP contribution >= 0.6 is 24.0 Å². The summed E-state index contributed by atoms with van der Waals surface area (Å²) in [6.45, 7) is 8.33. The van der Waals surface area contributed by atoms with E-state index in [2.05, 4.69) is 67.7 Å². The summed E-state index contributed by atoms with van der Waals surface area (Å²) in [7, 11) is 4.20. The Labute approximate surface area is 193 Å². The second-order valence-electron chi connectivity index (χ2n) is 7.56. The summed E-state index contributed by atoms with van der Waals surface area (Å²) in [5.74, 6) is 1.13. The van der Waals surface area contributed by atoms with Gasteiger partial charge in [-0.2, -0.15) is 0 Å². The van der Waals surface area contributed by atoms with E-state index in [0.29, 0.717) is 18.9 Å². The Morgan fingerprint density at radius 2 is 1.93 bits per heavy atom. The van der Waals surface area contributed by atoms with Crippen LogP contribution in [0, 0.1) is 0 Å². The van der Waals surface area contributed by atoms with Crippen molar-refractivity contribution in [2.75, 3.05) is 46.8 Å². The summed E-state index contributed by atoms with van der Waals surface area (Å²) in [4.78, 5) is 20.7. The molecule has 1 aromatic rings. The lowest BCUT2D eigenvalue weighted by atomic mass is 10.0. The van der Waals surface area contributed by atoms with E-state index in [0.717, 1.165) is 51.4 Å². The average Bonchev–Trinajstić information content (AvgIpc) is 3.10. The van der Waals surface area contributed by atoms with Crippen LogP contribution in [0.4, 0.5) is 0 Å². The maximum Gasteiger partial charge on any atom is 0.222 e. The van der Waals surface area contributed by atoms with Gasteiger partial charge in [0, 0.05) is 32.6 Å². The van der Waals surface area contributed by atoms with Crippen LogP contribution in [0.25, 0.3) is 0 Å². The Morgan fingerprint density at radius 1 is 1.21 bits per heavy atom. The van der Waals surface area contributed by atoms with Gasteiger partial charge >= 0.3 is 0 Å². The highest BCUT2D eigenvalue weighted by atomic mass is 127. The van der Waals surface area contributed by atoms with Crippen molar-refractivity contribution in [3.63, 3.8) is 0 Å². The maximum atomic E-state index is 11.7. The summed E-state index contributed by atoms with van der Waals surface area (Å²) in [5, 5.41) is 6.73. The molecule has 0 radical (unpaired) electrons. The molecule has 1 atom stereocenters. The van der Waals surface area contributed by atoms with Gasteiger partial charge < -0.3 is 20.4 Å².